The molecule has 0 aliphatic carbocycles. The van der Waals surface area contributed by atoms with Gasteiger partial charge in [0.2, 0.25) is 0 Å². The lowest BCUT2D eigenvalue weighted by molar-refractivity contribution is 0.669. The van der Waals surface area contributed by atoms with E-state index < -0.39 is 0 Å². The number of benzene rings is 6. The smallest absolute Gasteiger partial charge is 0.135 e. The zero-order valence-corrected chi connectivity index (χ0v) is 33.7. The van der Waals surface area contributed by atoms with Gasteiger partial charge in [0.25, 0.3) is 0 Å². The Morgan fingerprint density at radius 3 is 1.68 bits per heavy atom. The molecule has 7 aromatic heterocycles. The molecule has 7 heterocycles. The maximum absolute atomic E-state index is 6.20. The highest BCUT2D eigenvalue weighted by Crippen LogP contribution is 2.40. The van der Waals surface area contributed by atoms with Gasteiger partial charge in [-0.25, -0.2) is 4.98 Å². The zero-order chi connectivity index (χ0) is 41.4. The van der Waals surface area contributed by atoms with Crippen molar-refractivity contribution >= 4 is 65.8 Å². The van der Waals surface area contributed by atoms with Gasteiger partial charge in [-0.15, -0.1) is 0 Å². The molecule has 294 valence electrons. The highest BCUT2D eigenvalue weighted by Gasteiger charge is 2.20. The van der Waals surface area contributed by atoms with Gasteiger partial charge >= 0.3 is 0 Å². The maximum atomic E-state index is 6.20. The SMILES string of the molecule is c1ccc(-c2cncc(-c3ccc4c(c3)c3nc(-c5cncc(-c6ccccc6)c5)ccc3n4-c3ccc4c(c3)c3ncccc3n4-c3ccc4oc5ccccc5c4c3)c2)cc1. The molecule has 63 heavy (non-hydrogen) atoms. The monoisotopic (exact) mass is 806 g/mol. The van der Waals surface area contributed by atoms with E-state index in [9.17, 15) is 0 Å². The molecule has 0 radical (unpaired) electrons. The van der Waals surface area contributed by atoms with Gasteiger partial charge in [-0.1, -0.05) is 84.9 Å². The van der Waals surface area contributed by atoms with Crippen LogP contribution >= 0.6 is 0 Å². The Balaban J connectivity index is 1.01. The van der Waals surface area contributed by atoms with E-state index in [1.807, 2.05) is 61.3 Å². The second kappa shape index (κ2) is 13.9. The summed E-state index contributed by atoms with van der Waals surface area (Å²) < 4.78 is 10.8. The van der Waals surface area contributed by atoms with Crippen LogP contribution in [0.15, 0.2) is 211 Å². The number of hydrogen-bond acceptors (Lipinski definition) is 5. The molecular formula is C56H34N6O. The van der Waals surface area contributed by atoms with E-state index in [0.29, 0.717) is 0 Å². The minimum Gasteiger partial charge on any atom is -0.456 e. The summed E-state index contributed by atoms with van der Waals surface area (Å²) in [7, 11) is 0. The summed E-state index contributed by atoms with van der Waals surface area (Å²) >= 11 is 0. The van der Waals surface area contributed by atoms with E-state index in [2.05, 4.69) is 165 Å². The molecule has 0 atom stereocenters. The summed E-state index contributed by atoms with van der Waals surface area (Å²) in [6.07, 6.45) is 9.55. The first kappa shape index (κ1) is 35.1. The molecule has 0 amide bonds. The quantitative estimate of drug-likeness (QED) is 0.167. The molecule has 0 spiro atoms. The van der Waals surface area contributed by atoms with Gasteiger partial charge in [-0.2, -0.15) is 0 Å². The lowest BCUT2D eigenvalue weighted by Crippen LogP contribution is -1.96. The number of pyridine rings is 4. The van der Waals surface area contributed by atoms with Crippen LogP contribution in [-0.4, -0.2) is 29.1 Å². The fourth-order valence-electron chi connectivity index (χ4n) is 9.35. The van der Waals surface area contributed by atoms with Crippen molar-refractivity contribution < 1.29 is 4.42 Å². The maximum Gasteiger partial charge on any atom is 0.135 e. The first-order valence-electron chi connectivity index (χ1n) is 21.0. The Labute approximate surface area is 360 Å². The summed E-state index contributed by atoms with van der Waals surface area (Å²) in [5.74, 6) is 0. The minimum atomic E-state index is 0.857. The highest BCUT2D eigenvalue weighted by atomic mass is 16.3. The molecule has 0 N–H and O–H groups in total. The molecule has 7 nitrogen and oxygen atoms in total. The minimum absolute atomic E-state index is 0.857. The van der Waals surface area contributed by atoms with Crippen LogP contribution in [0.5, 0.6) is 0 Å². The first-order chi connectivity index (χ1) is 31.2. The predicted molar refractivity (Wildman–Crippen MR) is 255 cm³/mol. The summed E-state index contributed by atoms with van der Waals surface area (Å²) in [5, 5.41) is 4.29. The summed E-state index contributed by atoms with van der Waals surface area (Å²) in [6, 6.07) is 61.6. The molecule has 0 saturated heterocycles. The number of fused-ring (bicyclic) bond motifs is 9. The third-order valence-electron chi connectivity index (χ3n) is 12.3. The molecule has 13 aromatic rings. The third kappa shape index (κ3) is 5.67. The van der Waals surface area contributed by atoms with Crippen LogP contribution < -0.4 is 0 Å². The predicted octanol–water partition coefficient (Wildman–Crippen LogP) is 14.0. The molecule has 0 saturated carbocycles. The average molecular weight is 807 g/mol. The van der Waals surface area contributed by atoms with Crippen LogP contribution in [0.4, 0.5) is 0 Å². The normalized spacial score (nSPS) is 11.8. The Morgan fingerprint density at radius 1 is 0.349 bits per heavy atom. The van der Waals surface area contributed by atoms with Gasteiger partial charge in [-0.05, 0) is 108 Å². The van der Waals surface area contributed by atoms with E-state index in [-0.39, 0.29) is 0 Å². The molecular weight excluding hydrogens is 773 g/mol. The van der Waals surface area contributed by atoms with E-state index in [1.54, 1.807) is 0 Å². The van der Waals surface area contributed by atoms with Crippen LogP contribution in [0.3, 0.4) is 0 Å². The van der Waals surface area contributed by atoms with E-state index in [0.717, 1.165) is 122 Å². The van der Waals surface area contributed by atoms with Crippen molar-refractivity contribution in [2.45, 2.75) is 0 Å². The van der Waals surface area contributed by atoms with Crippen LogP contribution in [-0.2, 0) is 0 Å². The van der Waals surface area contributed by atoms with Crippen LogP contribution in [0, 0.1) is 0 Å². The molecule has 0 unspecified atom stereocenters. The van der Waals surface area contributed by atoms with Crippen molar-refractivity contribution in [2.24, 2.45) is 0 Å². The van der Waals surface area contributed by atoms with Crippen LogP contribution in [0.2, 0.25) is 0 Å². The molecule has 13 rings (SSSR count). The fourth-order valence-corrected chi connectivity index (χ4v) is 9.35. The van der Waals surface area contributed by atoms with E-state index in [1.165, 1.54) is 0 Å². The molecule has 0 bridgehead atoms. The molecule has 0 aliphatic heterocycles. The standard InChI is InChI=1S/C56H34N6O/c1-3-10-35(11-4-1)38-26-40(33-57-31-38)37-17-21-49-46(28-37)56-52(23-20-48(60-56)41-27-39(32-58-34-41)36-12-5-2-6-13-36)62(49)42-18-22-50-47(30-42)55-51(15-9-25-59-55)61(50)43-19-24-54-45(29-43)44-14-7-8-16-53(44)63-54/h1-34H. The molecule has 7 heteroatoms. The Morgan fingerprint density at radius 2 is 0.921 bits per heavy atom. The van der Waals surface area contributed by atoms with Crippen molar-refractivity contribution in [2.75, 3.05) is 0 Å². The van der Waals surface area contributed by atoms with Crippen LogP contribution in [0.25, 0.3) is 122 Å². The first-order valence-corrected chi connectivity index (χ1v) is 21.0. The lowest BCUT2D eigenvalue weighted by Gasteiger charge is -2.11. The van der Waals surface area contributed by atoms with Crippen molar-refractivity contribution in [1.82, 2.24) is 29.1 Å². The van der Waals surface area contributed by atoms with Crippen molar-refractivity contribution in [1.29, 1.82) is 0 Å². The highest BCUT2D eigenvalue weighted by molar-refractivity contribution is 6.12. The number of rotatable bonds is 6. The van der Waals surface area contributed by atoms with Gasteiger partial charge in [0.15, 0.2) is 0 Å². The number of furan rings is 1. The summed E-state index contributed by atoms with van der Waals surface area (Å²) in [4.78, 5) is 19.8. The summed E-state index contributed by atoms with van der Waals surface area (Å²) in [6.45, 7) is 0. The number of nitrogens with zero attached hydrogens (tertiary/aromatic N) is 6. The van der Waals surface area contributed by atoms with Gasteiger partial charge in [-0.3, -0.25) is 15.0 Å². The van der Waals surface area contributed by atoms with E-state index in [4.69, 9.17) is 14.4 Å². The Bertz CT molecular complexity index is 3780. The lowest BCUT2D eigenvalue weighted by atomic mass is 10.0. The van der Waals surface area contributed by atoms with E-state index >= 15 is 0 Å². The largest absolute Gasteiger partial charge is 0.456 e. The number of para-hydroxylation sites is 1. The number of hydrogen-bond donors (Lipinski definition) is 0. The molecule has 6 aromatic carbocycles. The summed E-state index contributed by atoms with van der Waals surface area (Å²) in [5.41, 5.74) is 18.1. The third-order valence-corrected chi connectivity index (χ3v) is 12.3. The van der Waals surface area contributed by atoms with Crippen molar-refractivity contribution in [3.8, 4) is 56.0 Å². The topological polar surface area (TPSA) is 74.6 Å². The second-order valence-electron chi connectivity index (χ2n) is 16.0. The van der Waals surface area contributed by atoms with Gasteiger partial charge in [0.05, 0.1) is 38.8 Å². The second-order valence-corrected chi connectivity index (χ2v) is 16.0. The van der Waals surface area contributed by atoms with Gasteiger partial charge < -0.3 is 13.6 Å². The molecule has 0 fully saturated rings. The molecule has 0 aliphatic rings. The Kier molecular flexibility index (Phi) is 7.77. The van der Waals surface area contributed by atoms with Gasteiger partial charge in [0, 0.05) is 86.2 Å². The zero-order valence-electron chi connectivity index (χ0n) is 33.7. The van der Waals surface area contributed by atoms with Crippen LogP contribution in [0.1, 0.15) is 0 Å². The van der Waals surface area contributed by atoms with Crippen molar-refractivity contribution in [3.05, 3.63) is 207 Å². The fraction of sp³-hybridized carbons (Fsp3) is 0. The average Bonchev–Trinajstić information content (AvgIpc) is 4.01. The van der Waals surface area contributed by atoms with Crippen molar-refractivity contribution in [3.63, 3.8) is 0 Å². The Hall–Kier alpha value is -8.68. The number of aromatic nitrogens is 6. The van der Waals surface area contributed by atoms with Gasteiger partial charge in [0.1, 0.15) is 11.2 Å².